The van der Waals surface area contributed by atoms with Crippen molar-refractivity contribution in [3.8, 4) is 5.75 Å². The zero-order valence-electron chi connectivity index (χ0n) is 17.9. The Balaban J connectivity index is 1.99. The molecule has 0 saturated carbocycles. The summed E-state index contributed by atoms with van der Waals surface area (Å²) in [7, 11) is 1.32. The van der Waals surface area contributed by atoms with Gasteiger partial charge in [-0.1, -0.05) is 17.7 Å². The van der Waals surface area contributed by atoms with Crippen LogP contribution in [0.1, 0.15) is 17.2 Å². The fraction of sp³-hybridized carbons (Fsp3) is 0.364. The molecule has 0 aliphatic rings. The van der Waals surface area contributed by atoms with Gasteiger partial charge in [-0.25, -0.2) is 14.4 Å². The van der Waals surface area contributed by atoms with E-state index in [1.807, 2.05) is 13.0 Å². The van der Waals surface area contributed by atoms with Gasteiger partial charge >= 0.3 is 0 Å². The van der Waals surface area contributed by atoms with Crippen LogP contribution in [0.2, 0.25) is 5.02 Å². The van der Waals surface area contributed by atoms with Gasteiger partial charge in [-0.15, -0.1) is 0 Å². The molecule has 1 heterocycles. The summed E-state index contributed by atoms with van der Waals surface area (Å²) in [6.07, 6.45) is -9.00. The van der Waals surface area contributed by atoms with E-state index < -0.39 is 37.2 Å². The molecule has 0 spiro atoms. The topological polar surface area (TPSA) is 148 Å². The van der Waals surface area contributed by atoms with Gasteiger partial charge in [-0.05, 0) is 36.8 Å². The number of fused-ring (bicyclic) bond motifs is 1. The number of rotatable bonds is 9. The third-order valence-electron chi connectivity index (χ3n) is 5.32. The number of aliphatic hydroxyl groups excluding tert-OH is 5. The molecule has 11 heteroatoms. The summed E-state index contributed by atoms with van der Waals surface area (Å²) in [4.78, 5) is 8.43. The van der Waals surface area contributed by atoms with Gasteiger partial charge in [0.1, 0.15) is 42.3 Å². The first-order valence-corrected chi connectivity index (χ1v) is 10.4. The van der Waals surface area contributed by atoms with E-state index in [0.29, 0.717) is 27.4 Å². The molecule has 1 aromatic heterocycles. The van der Waals surface area contributed by atoms with Gasteiger partial charge in [0.2, 0.25) is 0 Å². The first kappa shape index (κ1) is 25.0. The molecule has 3 rings (SSSR count). The number of halogens is 2. The Morgan fingerprint density at radius 2 is 1.82 bits per heavy atom. The first-order valence-electron chi connectivity index (χ1n) is 10.0. The van der Waals surface area contributed by atoms with E-state index in [1.54, 1.807) is 12.1 Å². The van der Waals surface area contributed by atoms with Gasteiger partial charge in [0.05, 0.1) is 19.2 Å². The lowest BCUT2D eigenvalue weighted by Gasteiger charge is -2.27. The molecule has 6 N–H and O–H groups in total. The molecule has 0 radical (unpaired) electrons. The van der Waals surface area contributed by atoms with Crippen molar-refractivity contribution < 1.29 is 34.7 Å². The first-order chi connectivity index (χ1) is 15.7. The van der Waals surface area contributed by atoms with E-state index in [4.69, 9.17) is 21.4 Å². The van der Waals surface area contributed by atoms with Crippen LogP contribution in [-0.2, 0) is 0 Å². The van der Waals surface area contributed by atoms with Crippen LogP contribution in [-0.4, -0.2) is 73.7 Å². The van der Waals surface area contributed by atoms with E-state index in [9.17, 15) is 24.8 Å². The summed E-state index contributed by atoms with van der Waals surface area (Å²) < 4.78 is 20.1. The highest BCUT2D eigenvalue weighted by Crippen LogP contribution is 2.36. The summed E-state index contributed by atoms with van der Waals surface area (Å²) in [6.45, 7) is 1.01. The third kappa shape index (κ3) is 5.32. The maximum absolute atomic E-state index is 14.8. The van der Waals surface area contributed by atoms with E-state index in [-0.39, 0.29) is 11.3 Å². The smallest absolute Gasteiger partial charge is 0.159 e. The van der Waals surface area contributed by atoms with E-state index in [2.05, 4.69) is 15.3 Å². The van der Waals surface area contributed by atoms with Gasteiger partial charge < -0.3 is 35.6 Å². The number of ether oxygens (including phenoxy) is 1. The quantitative estimate of drug-likeness (QED) is 0.269. The summed E-state index contributed by atoms with van der Waals surface area (Å²) in [5.74, 6) is 0.505. The van der Waals surface area contributed by atoms with E-state index >= 15 is 0 Å². The number of nitrogens with one attached hydrogen (secondary N) is 1. The number of aliphatic hydroxyl groups is 5. The Bertz CT molecular complexity index is 1120. The highest BCUT2D eigenvalue weighted by Gasteiger charge is 2.37. The number of methoxy groups -OCH3 is 1. The molecule has 0 aliphatic heterocycles. The summed E-state index contributed by atoms with van der Waals surface area (Å²) in [5.41, 5.74) is 1.95. The largest absolute Gasteiger partial charge is 0.496 e. The van der Waals surface area contributed by atoms with Crippen LogP contribution in [0.25, 0.3) is 10.9 Å². The molecule has 0 aliphatic carbocycles. The highest BCUT2D eigenvalue weighted by atomic mass is 35.5. The molecule has 2 aromatic carbocycles. The molecule has 33 heavy (non-hydrogen) atoms. The number of benzene rings is 2. The number of hydrogen-bond donors (Lipinski definition) is 6. The Labute approximate surface area is 194 Å². The molecule has 1 unspecified atom stereocenters. The zero-order valence-corrected chi connectivity index (χ0v) is 18.6. The van der Waals surface area contributed by atoms with Crippen molar-refractivity contribution in [2.75, 3.05) is 19.0 Å². The van der Waals surface area contributed by atoms with Gasteiger partial charge in [-0.3, -0.25) is 0 Å². The van der Waals surface area contributed by atoms with Crippen LogP contribution in [0.3, 0.4) is 0 Å². The molecule has 0 saturated heterocycles. The molecule has 0 amide bonds. The SMILES string of the molecule is COc1cc2c(Nc3cc(Cl)ccc3C)ncnc2cc1C(O)[C@@H](F)[C@H](O)[C@@H](O)[C@H](O)CO. The molecular formula is C22H25ClFN3O6. The van der Waals surface area contributed by atoms with Crippen LogP contribution in [0, 0.1) is 6.92 Å². The van der Waals surface area contributed by atoms with E-state index in [0.717, 1.165) is 5.56 Å². The third-order valence-corrected chi connectivity index (χ3v) is 5.55. The number of aromatic nitrogens is 2. The fourth-order valence-corrected chi connectivity index (χ4v) is 3.52. The molecule has 5 atom stereocenters. The molecule has 9 nitrogen and oxygen atoms in total. The van der Waals surface area contributed by atoms with Crippen molar-refractivity contribution in [2.24, 2.45) is 0 Å². The van der Waals surface area contributed by atoms with Gasteiger partial charge in [0, 0.05) is 21.7 Å². The normalized spacial score (nSPS) is 16.2. The average molecular weight is 482 g/mol. The lowest BCUT2D eigenvalue weighted by atomic mass is 9.95. The highest BCUT2D eigenvalue weighted by molar-refractivity contribution is 6.30. The molecule has 3 aromatic rings. The predicted octanol–water partition coefficient (Wildman–Crippen LogP) is 1.79. The van der Waals surface area contributed by atoms with Crippen LogP contribution >= 0.6 is 11.6 Å². The standard InChI is InChI=1S/C22H25ClFN3O6/c1-10-3-4-11(23)5-14(10)27-22-12-7-17(33-2)13(6-15(12)25-9-26-22)19(30)18(24)21(32)20(31)16(29)8-28/h3-7,9,16,18-21,28-32H,8H2,1-2H3,(H,25,26,27)/t16-,18-,19?,20+,21+/m1/s1. The lowest BCUT2D eigenvalue weighted by Crippen LogP contribution is -2.46. The zero-order chi connectivity index (χ0) is 24.3. The van der Waals surface area contributed by atoms with Crippen molar-refractivity contribution in [3.63, 3.8) is 0 Å². The second-order valence-corrected chi connectivity index (χ2v) is 7.97. The Kier molecular flexibility index (Phi) is 8.01. The monoisotopic (exact) mass is 481 g/mol. The Morgan fingerprint density at radius 1 is 1.09 bits per heavy atom. The number of nitrogens with zero attached hydrogens (tertiary/aromatic N) is 2. The molecular weight excluding hydrogens is 457 g/mol. The molecule has 0 fully saturated rings. The van der Waals surface area contributed by atoms with Gasteiger partial charge in [0.15, 0.2) is 6.17 Å². The minimum atomic E-state index is -2.40. The minimum absolute atomic E-state index is 0.0363. The average Bonchev–Trinajstić information content (AvgIpc) is 2.83. The second-order valence-electron chi connectivity index (χ2n) is 7.54. The van der Waals surface area contributed by atoms with Crippen molar-refractivity contribution >= 4 is 34.0 Å². The Hall–Kier alpha value is -2.60. The minimum Gasteiger partial charge on any atom is -0.496 e. The summed E-state index contributed by atoms with van der Waals surface area (Å²) in [6, 6.07) is 8.23. The molecule has 178 valence electrons. The van der Waals surface area contributed by atoms with Crippen LogP contribution in [0.4, 0.5) is 15.9 Å². The predicted molar refractivity (Wildman–Crippen MR) is 121 cm³/mol. The van der Waals surface area contributed by atoms with Crippen LogP contribution < -0.4 is 10.1 Å². The number of alkyl halides is 1. The second kappa shape index (κ2) is 10.6. The maximum atomic E-state index is 14.8. The van der Waals surface area contributed by atoms with Crippen LogP contribution in [0.5, 0.6) is 5.75 Å². The fourth-order valence-electron chi connectivity index (χ4n) is 3.35. The van der Waals surface area contributed by atoms with Crippen LogP contribution in [0.15, 0.2) is 36.7 Å². The maximum Gasteiger partial charge on any atom is 0.159 e. The van der Waals surface area contributed by atoms with Gasteiger partial charge in [0.25, 0.3) is 0 Å². The summed E-state index contributed by atoms with van der Waals surface area (Å²) >= 11 is 6.09. The van der Waals surface area contributed by atoms with Crippen molar-refractivity contribution in [1.82, 2.24) is 9.97 Å². The van der Waals surface area contributed by atoms with Crippen molar-refractivity contribution in [3.05, 3.63) is 52.8 Å². The van der Waals surface area contributed by atoms with Crippen molar-refractivity contribution in [1.29, 1.82) is 0 Å². The van der Waals surface area contributed by atoms with Crippen molar-refractivity contribution in [2.45, 2.75) is 37.5 Å². The Morgan fingerprint density at radius 3 is 2.48 bits per heavy atom. The summed E-state index contributed by atoms with van der Waals surface area (Å²) in [5, 5.41) is 52.9. The van der Waals surface area contributed by atoms with Gasteiger partial charge in [-0.2, -0.15) is 0 Å². The molecule has 0 bridgehead atoms. The number of anilines is 2. The van der Waals surface area contributed by atoms with E-state index in [1.165, 1.54) is 25.6 Å². The number of hydrogen-bond acceptors (Lipinski definition) is 9. The lowest BCUT2D eigenvalue weighted by molar-refractivity contribution is -0.119. The number of aryl methyl sites for hydroxylation is 1.